The second-order valence-corrected chi connectivity index (χ2v) is 6.24. The summed E-state index contributed by atoms with van der Waals surface area (Å²) in [4.78, 5) is 15.1. The topological polar surface area (TPSA) is 57.7 Å². The van der Waals surface area contributed by atoms with Crippen LogP contribution >= 0.6 is 0 Å². The van der Waals surface area contributed by atoms with Gasteiger partial charge in [-0.05, 0) is 47.7 Å². The molecule has 0 radical (unpaired) electrons. The van der Waals surface area contributed by atoms with Crippen LogP contribution in [0.25, 0.3) is 22.0 Å². The minimum Gasteiger partial charge on any atom is -0.496 e. The van der Waals surface area contributed by atoms with E-state index in [1.165, 1.54) is 0 Å². The van der Waals surface area contributed by atoms with Crippen molar-refractivity contribution in [2.24, 2.45) is 0 Å². The Labute approximate surface area is 152 Å². The molecule has 134 valence electrons. The van der Waals surface area contributed by atoms with Crippen molar-refractivity contribution < 1.29 is 19.0 Å². The zero-order valence-corrected chi connectivity index (χ0v) is 15.3. The third-order valence-electron chi connectivity index (χ3n) is 4.29. The molecule has 1 heterocycles. The molecule has 0 saturated heterocycles. The van der Waals surface area contributed by atoms with Gasteiger partial charge in [-0.1, -0.05) is 13.8 Å². The number of ether oxygens (including phenoxy) is 3. The van der Waals surface area contributed by atoms with Crippen molar-refractivity contribution in [2.45, 2.75) is 19.8 Å². The predicted octanol–water partition coefficient (Wildman–Crippen LogP) is 4.58. The van der Waals surface area contributed by atoms with E-state index in [-0.39, 0.29) is 5.92 Å². The lowest BCUT2D eigenvalue weighted by Gasteiger charge is -2.18. The van der Waals surface area contributed by atoms with E-state index in [4.69, 9.17) is 14.2 Å². The zero-order chi connectivity index (χ0) is 18.7. The first-order valence-corrected chi connectivity index (χ1v) is 8.33. The molecule has 0 saturated carbocycles. The van der Waals surface area contributed by atoms with E-state index in [2.05, 4.69) is 18.8 Å². The Kier molecular flexibility index (Phi) is 5.07. The lowest BCUT2D eigenvalue weighted by molar-refractivity contribution is -0.120. The van der Waals surface area contributed by atoms with Gasteiger partial charge in [0.2, 0.25) is 0 Å². The number of pyridine rings is 1. The van der Waals surface area contributed by atoms with Gasteiger partial charge in [-0.15, -0.1) is 0 Å². The van der Waals surface area contributed by atoms with Gasteiger partial charge in [0.15, 0.2) is 0 Å². The summed E-state index contributed by atoms with van der Waals surface area (Å²) in [5, 5.41) is 1.89. The lowest BCUT2D eigenvalue weighted by Crippen LogP contribution is -2.00. The molecular weight excluding hydrogens is 330 g/mol. The van der Waals surface area contributed by atoms with Crippen molar-refractivity contribution in [3.05, 3.63) is 48.2 Å². The number of fused-ring (bicyclic) bond motifs is 1. The standard InChI is InChI=1S/C21H21NO4/c1-13(2)21-19(24-3)9-16(10-20(21)25-4)18-8-15-7-17(26-12-23)6-5-14(15)11-22-18/h5-13H,1-4H3. The van der Waals surface area contributed by atoms with Crippen LogP contribution in [0.5, 0.6) is 17.2 Å². The molecule has 0 bridgehead atoms. The molecule has 3 rings (SSSR count). The maximum absolute atomic E-state index is 10.6. The summed E-state index contributed by atoms with van der Waals surface area (Å²) in [6, 6.07) is 11.3. The van der Waals surface area contributed by atoms with Crippen LogP contribution in [-0.4, -0.2) is 25.7 Å². The monoisotopic (exact) mass is 351 g/mol. The predicted molar refractivity (Wildman–Crippen MR) is 101 cm³/mol. The maximum atomic E-state index is 10.6. The summed E-state index contributed by atoms with van der Waals surface area (Å²) < 4.78 is 16.1. The van der Waals surface area contributed by atoms with Crippen LogP contribution in [0, 0.1) is 0 Å². The molecule has 5 nitrogen and oxygen atoms in total. The Morgan fingerprint density at radius 3 is 2.23 bits per heavy atom. The van der Waals surface area contributed by atoms with Crippen molar-refractivity contribution in [2.75, 3.05) is 14.2 Å². The van der Waals surface area contributed by atoms with Crippen LogP contribution in [0.3, 0.4) is 0 Å². The van der Waals surface area contributed by atoms with Crippen LogP contribution in [0.15, 0.2) is 42.6 Å². The number of methoxy groups -OCH3 is 2. The molecule has 0 fully saturated rings. The van der Waals surface area contributed by atoms with Crippen molar-refractivity contribution in [1.29, 1.82) is 0 Å². The number of hydrogen-bond donors (Lipinski definition) is 0. The Hall–Kier alpha value is -3.08. The minimum absolute atomic E-state index is 0.265. The summed E-state index contributed by atoms with van der Waals surface area (Å²) in [5.41, 5.74) is 2.71. The molecule has 0 atom stereocenters. The number of nitrogens with zero attached hydrogens (tertiary/aromatic N) is 1. The number of carbonyl (C=O) groups is 1. The van der Waals surface area contributed by atoms with Crippen LogP contribution in [0.4, 0.5) is 0 Å². The number of carbonyl (C=O) groups excluding carboxylic acids is 1. The number of hydrogen-bond acceptors (Lipinski definition) is 5. The van der Waals surface area contributed by atoms with Gasteiger partial charge >= 0.3 is 0 Å². The molecule has 0 spiro atoms. The fourth-order valence-electron chi connectivity index (χ4n) is 3.06. The van der Waals surface area contributed by atoms with Crippen molar-refractivity contribution in [1.82, 2.24) is 4.98 Å². The van der Waals surface area contributed by atoms with Crippen LogP contribution in [-0.2, 0) is 4.79 Å². The molecule has 0 aliphatic rings. The lowest BCUT2D eigenvalue weighted by atomic mass is 9.97. The molecule has 5 heteroatoms. The van der Waals surface area contributed by atoms with E-state index in [1.807, 2.05) is 30.3 Å². The summed E-state index contributed by atoms with van der Waals surface area (Å²) >= 11 is 0. The maximum Gasteiger partial charge on any atom is 0.298 e. The Balaban J connectivity index is 2.14. The van der Waals surface area contributed by atoms with Crippen LogP contribution in [0.1, 0.15) is 25.3 Å². The largest absolute Gasteiger partial charge is 0.496 e. The third-order valence-corrected chi connectivity index (χ3v) is 4.29. The van der Waals surface area contributed by atoms with Crippen molar-refractivity contribution in [3.63, 3.8) is 0 Å². The van der Waals surface area contributed by atoms with Crippen LogP contribution in [0.2, 0.25) is 0 Å². The molecule has 26 heavy (non-hydrogen) atoms. The van der Waals surface area contributed by atoms with E-state index >= 15 is 0 Å². The van der Waals surface area contributed by atoms with Gasteiger partial charge in [-0.2, -0.15) is 0 Å². The third kappa shape index (κ3) is 3.33. The van der Waals surface area contributed by atoms with E-state index in [9.17, 15) is 4.79 Å². The van der Waals surface area contributed by atoms with E-state index < -0.39 is 0 Å². The van der Waals surface area contributed by atoms with Crippen LogP contribution < -0.4 is 14.2 Å². The average molecular weight is 351 g/mol. The molecule has 0 N–H and O–H groups in total. The fraction of sp³-hybridized carbons (Fsp3) is 0.238. The van der Waals surface area contributed by atoms with Gasteiger partial charge < -0.3 is 14.2 Å². The van der Waals surface area contributed by atoms with E-state index in [0.717, 1.165) is 39.1 Å². The second-order valence-electron chi connectivity index (χ2n) is 6.24. The van der Waals surface area contributed by atoms with Gasteiger partial charge in [-0.25, -0.2) is 0 Å². The van der Waals surface area contributed by atoms with Crippen molar-refractivity contribution >= 4 is 17.2 Å². The highest BCUT2D eigenvalue weighted by Crippen LogP contribution is 2.39. The normalized spacial score (nSPS) is 10.8. The average Bonchev–Trinajstić information content (AvgIpc) is 2.66. The zero-order valence-electron chi connectivity index (χ0n) is 15.3. The first kappa shape index (κ1) is 17.7. The molecule has 0 aliphatic carbocycles. The Morgan fingerprint density at radius 2 is 1.65 bits per heavy atom. The molecule has 2 aromatic carbocycles. The number of aromatic nitrogens is 1. The summed E-state index contributed by atoms with van der Waals surface area (Å²) in [6.45, 7) is 4.62. The Bertz CT molecular complexity index is 925. The summed E-state index contributed by atoms with van der Waals surface area (Å²) in [6.07, 6.45) is 1.80. The minimum atomic E-state index is 0.265. The Morgan fingerprint density at radius 1 is 0.962 bits per heavy atom. The smallest absolute Gasteiger partial charge is 0.298 e. The van der Waals surface area contributed by atoms with E-state index in [0.29, 0.717) is 12.2 Å². The highest BCUT2D eigenvalue weighted by atomic mass is 16.5. The fourth-order valence-corrected chi connectivity index (χ4v) is 3.06. The van der Waals surface area contributed by atoms with Gasteiger partial charge in [0.1, 0.15) is 17.2 Å². The SMILES string of the molecule is COc1cc(-c2cc3cc(OC=O)ccc3cn2)cc(OC)c1C(C)C. The molecule has 1 aromatic heterocycles. The van der Waals surface area contributed by atoms with Gasteiger partial charge in [0.05, 0.1) is 19.9 Å². The number of rotatable bonds is 6. The quantitative estimate of drug-likeness (QED) is 0.609. The van der Waals surface area contributed by atoms with Crippen molar-refractivity contribution in [3.8, 4) is 28.5 Å². The molecular formula is C21H21NO4. The number of benzene rings is 2. The molecule has 0 unspecified atom stereocenters. The van der Waals surface area contributed by atoms with Gasteiger partial charge in [0.25, 0.3) is 6.47 Å². The van der Waals surface area contributed by atoms with Gasteiger partial charge in [-0.3, -0.25) is 9.78 Å². The first-order chi connectivity index (χ1) is 12.6. The summed E-state index contributed by atoms with van der Waals surface area (Å²) in [5.74, 6) is 2.31. The molecule has 0 aliphatic heterocycles. The summed E-state index contributed by atoms with van der Waals surface area (Å²) in [7, 11) is 3.31. The second kappa shape index (κ2) is 7.44. The van der Waals surface area contributed by atoms with E-state index in [1.54, 1.807) is 26.5 Å². The van der Waals surface area contributed by atoms with Gasteiger partial charge in [0, 0.05) is 22.7 Å². The highest BCUT2D eigenvalue weighted by molar-refractivity contribution is 5.87. The highest BCUT2D eigenvalue weighted by Gasteiger charge is 2.17. The first-order valence-electron chi connectivity index (χ1n) is 8.33. The molecule has 3 aromatic rings. The molecule has 0 amide bonds.